The van der Waals surface area contributed by atoms with Crippen molar-refractivity contribution >= 4 is 11.8 Å². The van der Waals surface area contributed by atoms with Crippen LogP contribution < -0.4 is 10.6 Å². The van der Waals surface area contributed by atoms with E-state index in [0.29, 0.717) is 5.95 Å². The normalized spacial score (nSPS) is 15.3. The third-order valence-electron chi connectivity index (χ3n) is 2.35. The molecule has 1 aliphatic carbocycles. The number of anilines is 2. The zero-order valence-corrected chi connectivity index (χ0v) is 8.67. The van der Waals surface area contributed by atoms with Crippen molar-refractivity contribution in [2.75, 3.05) is 24.2 Å². The fraction of sp³-hybridized carbons (Fsp3) is 0.600. The minimum absolute atomic E-state index is 0.684. The number of rotatable bonds is 4. The Morgan fingerprint density at radius 1 is 1.43 bits per heavy atom. The SMILES string of the molecule is CNc1nc(C)cc(NCC2CC2)n1. The van der Waals surface area contributed by atoms with Crippen molar-refractivity contribution in [3.8, 4) is 0 Å². The number of nitrogens with one attached hydrogen (secondary N) is 2. The van der Waals surface area contributed by atoms with Crippen molar-refractivity contribution in [1.29, 1.82) is 0 Å². The third kappa shape index (κ3) is 2.34. The summed E-state index contributed by atoms with van der Waals surface area (Å²) < 4.78 is 0. The van der Waals surface area contributed by atoms with Gasteiger partial charge in [-0.25, -0.2) is 4.98 Å². The molecule has 1 aromatic rings. The molecular formula is C10H16N4. The van der Waals surface area contributed by atoms with E-state index in [-0.39, 0.29) is 0 Å². The summed E-state index contributed by atoms with van der Waals surface area (Å²) >= 11 is 0. The quantitative estimate of drug-likeness (QED) is 0.761. The highest BCUT2D eigenvalue weighted by Crippen LogP contribution is 2.28. The summed E-state index contributed by atoms with van der Waals surface area (Å²) in [5, 5.41) is 6.28. The Balaban J connectivity index is 2.03. The molecule has 0 radical (unpaired) electrons. The van der Waals surface area contributed by atoms with Crippen LogP contribution in [0.15, 0.2) is 6.07 Å². The first-order valence-corrected chi connectivity index (χ1v) is 5.05. The first-order valence-electron chi connectivity index (χ1n) is 5.05. The molecule has 76 valence electrons. The van der Waals surface area contributed by atoms with Crippen LogP contribution in [-0.4, -0.2) is 23.6 Å². The van der Waals surface area contributed by atoms with E-state index < -0.39 is 0 Å². The monoisotopic (exact) mass is 192 g/mol. The van der Waals surface area contributed by atoms with Gasteiger partial charge in [0.05, 0.1) is 0 Å². The lowest BCUT2D eigenvalue weighted by Gasteiger charge is -2.07. The molecule has 14 heavy (non-hydrogen) atoms. The van der Waals surface area contributed by atoms with E-state index in [2.05, 4.69) is 20.6 Å². The van der Waals surface area contributed by atoms with Gasteiger partial charge < -0.3 is 10.6 Å². The maximum atomic E-state index is 4.32. The van der Waals surface area contributed by atoms with Gasteiger partial charge in [0.2, 0.25) is 5.95 Å². The molecule has 0 bridgehead atoms. The van der Waals surface area contributed by atoms with Crippen LogP contribution in [0.3, 0.4) is 0 Å². The predicted molar refractivity (Wildman–Crippen MR) is 57.5 cm³/mol. The lowest BCUT2D eigenvalue weighted by atomic mass is 10.4. The standard InChI is InChI=1S/C10H16N4/c1-7-5-9(12-6-8-3-4-8)14-10(11-2)13-7/h5,8H,3-4,6H2,1-2H3,(H2,11,12,13,14). The van der Waals surface area contributed by atoms with Crippen LogP contribution in [0.2, 0.25) is 0 Å². The molecule has 4 heteroatoms. The average molecular weight is 192 g/mol. The van der Waals surface area contributed by atoms with Crippen LogP contribution in [0.5, 0.6) is 0 Å². The van der Waals surface area contributed by atoms with Gasteiger partial charge in [0.25, 0.3) is 0 Å². The van der Waals surface area contributed by atoms with Crippen molar-refractivity contribution in [2.24, 2.45) is 5.92 Å². The summed E-state index contributed by atoms with van der Waals surface area (Å²) in [5.41, 5.74) is 0.989. The van der Waals surface area contributed by atoms with E-state index in [4.69, 9.17) is 0 Å². The van der Waals surface area contributed by atoms with Crippen LogP contribution in [0.4, 0.5) is 11.8 Å². The van der Waals surface area contributed by atoms with E-state index in [1.54, 1.807) is 0 Å². The molecule has 0 aliphatic heterocycles. The first-order chi connectivity index (χ1) is 6.78. The van der Waals surface area contributed by atoms with Crippen molar-refractivity contribution in [3.63, 3.8) is 0 Å². The minimum Gasteiger partial charge on any atom is -0.370 e. The predicted octanol–water partition coefficient (Wildman–Crippen LogP) is 1.65. The van der Waals surface area contributed by atoms with Gasteiger partial charge in [-0.3, -0.25) is 0 Å². The molecule has 0 amide bonds. The van der Waals surface area contributed by atoms with Gasteiger partial charge in [-0.1, -0.05) is 0 Å². The fourth-order valence-corrected chi connectivity index (χ4v) is 1.34. The van der Waals surface area contributed by atoms with E-state index in [9.17, 15) is 0 Å². The fourth-order valence-electron chi connectivity index (χ4n) is 1.34. The third-order valence-corrected chi connectivity index (χ3v) is 2.35. The van der Waals surface area contributed by atoms with Gasteiger partial charge in [-0.05, 0) is 25.7 Å². The van der Waals surface area contributed by atoms with Crippen LogP contribution >= 0.6 is 0 Å². The molecule has 0 atom stereocenters. The van der Waals surface area contributed by atoms with Gasteiger partial charge in [-0.2, -0.15) is 4.98 Å². The largest absolute Gasteiger partial charge is 0.370 e. The van der Waals surface area contributed by atoms with E-state index in [1.807, 2.05) is 20.0 Å². The van der Waals surface area contributed by atoms with Gasteiger partial charge in [-0.15, -0.1) is 0 Å². The summed E-state index contributed by atoms with van der Waals surface area (Å²) in [7, 11) is 1.83. The van der Waals surface area contributed by atoms with Gasteiger partial charge in [0, 0.05) is 25.4 Å². The molecule has 0 aromatic carbocycles. The molecule has 1 heterocycles. The lowest BCUT2D eigenvalue weighted by Crippen LogP contribution is -2.07. The molecule has 4 nitrogen and oxygen atoms in total. The number of nitrogens with zero attached hydrogens (tertiary/aromatic N) is 2. The summed E-state index contributed by atoms with van der Waals surface area (Å²) in [6.45, 7) is 3.02. The molecule has 0 spiro atoms. The highest BCUT2D eigenvalue weighted by Gasteiger charge is 2.20. The Bertz CT molecular complexity index is 320. The maximum absolute atomic E-state index is 4.32. The van der Waals surface area contributed by atoms with Crippen LogP contribution in [0, 0.1) is 12.8 Å². The average Bonchev–Trinajstić information content (AvgIpc) is 2.97. The van der Waals surface area contributed by atoms with E-state index >= 15 is 0 Å². The Morgan fingerprint density at radius 2 is 2.21 bits per heavy atom. The van der Waals surface area contributed by atoms with Crippen LogP contribution in [-0.2, 0) is 0 Å². The van der Waals surface area contributed by atoms with Crippen molar-refractivity contribution in [2.45, 2.75) is 19.8 Å². The topological polar surface area (TPSA) is 49.8 Å². The Morgan fingerprint density at radius 3 is 2.86 bits per heavy atom. The number of hydrogen-bond acceptors (Lipinski definition) is 4. The zero-order chi connectivity index (χ0) is 9.97. The van der Waals surface area contributed by atoms with Crippen LogP contribution in [0.1, 0.15) is 18.5 Å². The molecule has 1 aliphatic rings. The highest BCUT2D eigenvalue weighted by molar-refractivity contribution is 5.41. The van der Waals surface area contributed by atoms with Crippen molar-refractivity contribution in [1.82, 2.24) is 9.97 Å². The van der Waals surface area contributed by atoms with Gasteiger partial charge in [0.1, 0.15) is 5.82 Å². The lowest BCUT2D eigenvalue weighted by molar-refractivity contribution is 0.880. The smallest absolute Gasteiger partial charge is 0.224 e. The molecule has 1 saturated carbocycles. The first kappa shape index (κ1) is 9.24. The van der Waals surface area contributed by atoms with Crippen molar-refractivity contribution in [3.05, 3.63) is 11.8 Å². The second-order valence-corrected chi connectivity index (χ2v) is 3.79. The number of hydrogen-bond donors (Lipinski definition) is 2. The molecule has 1 aromatic heterocycles. The minimum atomic E-state index is 0.684. The summed E-state index contributed by atoms with van der Waals surface area (Å²) in [5.74, 6) is 2.47. The zero-order valence-electron chi connectivity index (χ0n) is 8.67. The number of aryl methyl sites for hydroxylation is 1. The van der Waals surface area contributed by atoms with E-state index in [0.717, 1.165) is 24.0 Å². The molecule has 0 unspecified atom stereocenters. The highest BCUT2D eigenvalue weighted by atomic mass is 15.1. The molecule has 1 fully saturated rings. The van der Waals surface area contributed by atoms with Gasteiger partial charge in [0.15, 0.2) is 0 Å². The Kier molecular flexibility index (Phi) is 2.52. The van der Waals surface area contributed by atoms with E-state index in [1.165, 1.54) is 12.8 Å². The molecular weight excluding hydrogens is 176 g/mol. The maximum Gasteiger partial charge on any atom is 0.224 e. The second-order valence-electron chi connectivity index (χ2n) is 3.79. The van der Waals surface area contributed by atoms with Crippen LogP contribution in [0.25, 0.3) is 0 Å². The summed E-state index contributed by atoms with van der Waals surface area (Å²) in [6, 6.07) is 1.98. The second kappa shape index (κ2) is 3.82. The number of aromatic nitrogens is 2. The Hall–Kier alpha value is -1.32. The summed E-state index contributed by atoms with van der Waals surface area (Å²) in [4.78, 5) is 8.55. The Labute approximate surface area is 84.2 Å². The molecule has 2 N–H and O–H groups in total. The van der Waals surface area contributed by atoms with Crippen molar-refractivity contribution < 1.29 is 0 Å². The summed E-state index contributed by atoms with van der Waals surface area (Å²) in [6.07, 6.45) is 2.71. The molecule has 0 saturated heterocycles. The molecule has 2 rings (SSSR count). The van der Waals surface area contributed by atoms with Gasteiger partial charge >= 0.3 is 0 Å².